The summed E-state index contributed by atoms with van der Waals surface area (Å²) in [5.41, 5.74) is 5.41. The number of hydrogen-bond donors (Lipinski definition) is 0. The van der Waals surface area contributed by atoms with Crippen molar-refractivity contribution in [1.29, 1.82) is 0 Å². The Hall–Kier alpha value is -4.67. The predicted octanol–water partition coefficient (Wildman–Crippen LogP) is 10.4. The van der Waals surface area contributed by atoms with Crippen molar-refractivity contribution < 1.29 is 11.6 Å². The van der Waals surface area contributed by atoms with E-state index in [4.69, 9.17) is 16.6 Å². The lowest BCUT2D eigenvalue weighted by molar-refractivity contribution is 0.483. The Morgan fingerprint density at radius 2 is 1.52 bits per heavy atom. The van der Waals surface area contributed by atoms with E-state index in [0.29, 0.717) is 22.9 Å². The van der Waals surface area contributed by atoms with Crippen LogP contribution in [0.5, 0.6) is 11.5 Å². The van der Waals surface area contributed by atoms with Crippen LogP contribution in [0.15, 0.2) is 138 Å². The van der Waals surface area contributed by atoms with Crippen LogP contribution in [0.25, 0.3) is 49.9 Å². The smallest absolute Gasteiger partial charge is 0.137 e. The van der Waals surface area contributed by atoms with Gasteiger partial charge in [-0.1, -0.05) is 88.6 Å². The molecule has 192 valence electrons. The van der Waals surface area contributed by atoms with E-state index in [2.05, 4.69) is 56.9 Å². The van der Waals surface area contributed by atoms with Gasteiger partial charge in [0, 0.05) is 33.1 Å². The van der Waals surface area contributed by atoms with E-state index in [1.165, 1.54) is 0 Å². The fourth-order valence-electron chi connectivity index (χ4n) is 5.10. The summed E-state index contributed by atoms with van der Waals surface area (Å²) in [6.07, 6.45) is 1.59. The summed E-state index contributed by atoms with van der Waals surface area (Å²) in [5, 5.41) is 2.08. The fraction of sp³-hybridized carbons (Fsp3) is 0.0278. The average molecular weight is 587 g/mol. The highest BCUT2D eigenvalue weighted by Crippen LogP contribution is 2.38. The molecular weight excluding hydrogens is 556 g/mol. The Kier molecular flexibility index (Phi) is 4.92. The van der Waals surface area contributed by atoms with E-state index in [9.17, 15) is 0 Å². The van der Waals surface area contributed by atoms with Crippen LogP contribution in [0.2, 0.25) is 0 Å². The van der Waals surface area contributed by atoms with Crippen molar-refractivity contribution in [2.24, 2.45) is 0 Å². The van der Waals surface area contributed by atoms with Crippen molar-refractivity contribution in [1.82, 2.24) is 9.55 Å². The van der Waals surface area contributed by atoms with Gasteiger partial charge in [-0.15, -0.1) is 0 Å². The number of ether oxygens (including phenoxy) is 1. The standard InChI is InChI=1S/C36H25BrN2O/c1-24-19-36(38-23-33(24)26-11-6-3-7-12-26)39-34-18-15-27(25-9-4-2-5-10-25)20-32(34)31-17-16-30(22-35(31)39)40-29-14-8-13-28(37)21-29/h2-23H,1H3/i3D,6D,7D,11D,12D. The molecule has 5 aromatic carbocycles. The molecule has 0 bridgehead atoms. The number of hydrogen-bond acceptors (Lipinski definition) is 2. The van der Waals surface area contributed by atoms with Crippen molar-refractivity contribution in [2.45, 2.75) is 6.92 Å². The summed E-state index contributed by atoms with van der Waals surface area (Å²) in [6, 6.07) is 30.5. The maximum Gasteiger partial charge on any atom is 0.137 e. The van der Waals surface area contributed by atoms with E-state index in [1.807, 2.05) is 67.6 Å². The molecular formula is C36H25BrN2O. The summed E-state index contributed by atoms with van der Waals surface area (Å²) in [7, 11) is 0. The normalized spacial score (nSPS) is 13.0. The van der Waals surface area contributed by atoms with Gasteiger partial charge in [-0.3, -0.25) is 4.57 Å². The molecule has 0 spiro atoms. The zero-order valence-electron chi connectivity index (χ0n) is 26.5. The molecule has 0 radical (unpaired) electrons. The first-order valence-electron chi connectivity index (χ1n) is 15.3. The second kappa shape index (κ2) is 10.1. The Balaban J connectivity index is 1.43. The topological polar surface area (TPSA) is 27.1 Å². The SMILES string of the molecule is [2H]c1c([2H])c([2H])c(-c2cnc(-n3c4ccc(-c5ccccc5)cc4c4ccc(Oc5cccc(Br)c5)cc43)cc2C)c([2H])c1[2H]. The molecule has 0 atom stereocenters. The molecule has 0 fully saturated rings. The number of aromatic nitrogens is 2. The average Bonchev–Trinajstić information content (AvgIpc) is 3.37. The van der Waals surface area contributed by atoms with Crippen LogP contribution >= 0.6 is 15.9 Å². The Morgan fingerprint density at radius 3 is 2.33 bits per heavy atom. The largest absolute Gasteiger partial charge is 0.457 e. The number of nitrogens with zero attached hydrogens (tertiary/aromatic N) is 2. The quantitative estimate of drug-likeness (QED) is 0.201. The molecule has 7 aromatic rings. The first kappa shape index (κ1) is 19.4. The third kappa shape index (κ3) is 4.47. The molecule has 40 heavy (non-hydrogen) atoms. The second-order valence-electron chi connectivity index (χ2n) is 9.53. The molecule has 2 heterocycles. The van der Waals surface area contributed by atoms with Crippen molar-refractivity contribution in [3.63, 3.8) is 0 Å². The minimum atomic E-state index is -0.419. The monoisotopic (exact) mass is 585 g/mol. The molecule has 0 aliphatic carbocycles. The first-order chi connectivity index (χ1) is 21.7. The van der Waals surface area contributed by atoms with Crippen LogP contribution in [-0.4, -0.2) is 9.55 Å². The minimum absolute atomic E-state index is 0.136. The summed E-state index contributed by atoms with van der Waals surface area (Å²) in [6.45, 7) is 1.87. The van der Waals surface area contributed by atoms with E-state index < -0.39 is 6.04 Å². The maximum absolute atomic E-state index is 8.48. The molecule has 0 unspecified atom stereocenters. The number of halogens is 1. The lowest BCUT2D eigenvalue weighted by atomic mass is 10.0. The van der Waals surface area contributed by atoms with Gasteiger partial charge in [-0.25, -0.2) is 4.98 Å². The number of fused-ring (bicyclic) bond motifs is 3. The summed E-state index contributed by atoms with van der Waals surface area (Å²) >= 11 is 3.51. The zero-order chi connectivity index (χ0) is 31.4. The van der Waals surface area contributed by atoms with Crippen LogP contribution in [0.4, 0.5) is 0 Å². The van der Waals surface area contributed by atoms with E-state index in [-0.39, 0.29) is 29.7 Å². The fourth-order valence-corrected chi connectivity index (χ4v) is 5.48. The van der Waals surface area contributed by atoms with Gasteiger partial charge in [0.15, 0.2) is 0 Å². The predicted molar refractivity (Wildman–Crippen MR) is 168 cm³/mol. The van der Waals surface area contributed by atoms with Gasteiger partial charge in [0.05, 0.1) is 17.9 Å². The Bertz CT molecular complexity index is 2260. The highest BCUT2D eigenvalue weighted by molar-refractivity contribution is 9.10. The number of pyridine rings is 1. The lowest BCUT2D eigenvalue weighted by Crippen LogP contribution is -1.99. The number of benzene rings is 5. The van der Waals surface area contributed by atoms with Gasteiger partial charge in [0.2, 0.25) is 0 Å². The molecule has 0 amide bonds. The van der Waals surface area contributed by atoms with Gasteiger partial charge < -0.3 is 4.74 Å². The summed E-state index contributed by atoms with van der Waals surface area (Å²) in [5.74, 6) is 2.01. The second-order valence-corrected chi connectivity index (χ2v) is 10.4. The molecule has 0 aliphatic heterocycles. The highest BCUT2D eigenvalue weighted by Gasteiger charge is 2.16. The summed E-state index contributed by atoms with van der Waals surface area (Å²) < 4.78 is 50.4. The molecule has 7 rings (SSSR count). The molecule has 2 aromatic heterocycles. The number of aryl methyl sites for hydroxylation is 1. The van der Waals surface area contributed by atoms with E-state index in [1.54, 1.807) is 6.20 Å². The van der Waals surface area contributed by atoms with Gasteiger partial charge in [0.25, 0.3) is 0 Å². The molecule has 0 saturated carbocycles. The molecule has 0 aliphatic rings. The van der Waals surface area contributed by atoms with Crippen molar-refractivity contribution in [3.8, 4) is 39.6 Å². The van der Waals surface area contributed by atoms with Crippen molar-refractivity contribution in [3.05, 3.63) is 144 Å². The summed E-state index contributed by atoms with van der Waals surface area (Å²) in [4.78, 5) is 4.81. The Morgan fingerprint density at radius 1 is 0.700 bits per heavy atom. The van der Waals surface area contributed by atoms with Gasteiger partial charge in [-0.05, 0) is 77.7 Å². The third-order valence-electron chi connectivity index (χ3n) is 6.97. The minimum Gasteiger partial charge on any atom is -0.457 e. The first-order valence-corrected chi connectivity index (χ1v) is 13.6. The van der Waals surface area contributed by atoms with Gasteiger partial charge >= 0.3 is 0 Å². The van der Waals surface area contributed by atoms with E-state index >= 15 is 0 Å². The van der Waals surface area contributed by atoms with E-state index in [0.717, 1.165) is 43.0 Å². The van der Waals surface area contributed by atoms with Crippen LogP contribution in [-0.2, 0) is 0 Å². The van der Waals surface area contributed by atoms with Crippen LogP contribution in [0.1, 0.15) is 12.4 Å². The molecule has 4 heteroatoms. The van der Waals surface area contributed by atoms with Crippen LogP contribution in [0.3, 0.4) is 0 Å². The molecule has 3 nitrogen and oxygen atoms in total. The van der Waals surface area contributed by atoms with Crippen molar-refractivity contribution in [2.75, 3.05) is 0 Å². The number of rotatable bonds is 5. The lowest BCUT2D eigenvalue weighted by Gasteiger charge is -2.12. The Labute approximate surface area is 248 Å². The van der Waals surface area contributed by atoms with Gasteiger partial charge in [0.1, 0.15) is 17.3 Å². The van der Waals surface area contributed by atoms with Crippen molar-refractivity contribution >= 4 is 37.7 Å². The van der Waals surface area contributed by atoms with Crippen LogP contribution in [0, 0.1) is 6.92 Å². The third-order valence-corrected chi connectivity index (χ3v) is 7.46. The molecule has 0 saturated heterocycles. The highest BCUT2D eigenvalue weighted by atomic mass is 79.9. The van der Waals surface area contributed by atoms with Crippen LogP contribution < -0.4 is 4.74 Å². The maximum atomic E-state index is 8.48. The van der Waals surface area contributed by atoms with Gasteiger partial charge in [-0.2, -0.15) is 0 Å². The zero-order valence-corrected chi connectivity index (χ0v) is 23.1. The molecule has 0 N–H and O–H groups in total.